The van der Waals surface area contributed by atoms with Crippen LogP contribution in [0.2, 0.25) is 18.1 Å². The summed E-state index contributed by atoms with van der Waals surface area (Å²) in [5, 5.41) is 2.39. The number of amides is 1. The number of esters is 1. The van der Waals surface area contributed by atoms with Gasteiger partial charge in [-0.25, -0.2) is 13.6 Å². The molecule has 1 aromatic carbocycles. The predicted molar refractivity (Wildman–Crippen MR) is 97.4 cm³/mol. The summed E-state index contributed by atoms with van der Waals surface area (Å²) < 4.78 is 37.7. The lowest BCUT2D eigenvalue weighted by molar-refractivity contribution is -0.143. The van der Waals surface area contributed by atoms with Crippen LogP contribution in [0.5, 0.6) is 0 Å². The molecule has 0 saturated carbocycles. The number of carbonyl (C=O) groups excluding carboxylic acids is 2. The van der Waals surface area contributed by atoms with Crippen LogP contribution in [0.15, 0.2) is 18.2 Å². The third-order valence-electron chi connectivity index (χ3n) is 4.66. The van der Waals surface area contributed by atoms with Crippen LogP contribution in [0.25, 0.3) is 0 Å². The molecule has 0 aliphatic heterocycles. The lowest BCUT2D eigenvalue weighted by atomic mass is 10.1. The Morgan fingerprint density at radius 2 is 1.85 bits per heavy atom. The normalized spacial score (nSPS) is 13.2. The van der Waals surface area contributed by atoms with Gasteiger partial charge in [0.25, 0.3) is 5.91 Å². The lowest BCUT2D eigenvalue weighted by Crippen LogP contribution is -2.45. The highest BCUT2D eigenvalue weighted by molar-refractivity contribution is 6.74. The quantitative estimate of drug-likeness (QED) is 0.573. The summed E-state index contributed by atoms with van der Waals surface area (Å²) in [6, 6.07) is 2.27. The molecule has 1 rings (SSSR count). The molecule has 1 amide bonds. The number of carbonyl (C=O) groups is 2. The molecule has 5 nitrogen and oxygen atoms in total. The van der Waals surface area contributed by atoms with Crippen molar-refractivity contribution in [1.29, 1.82) is 0 Å². The third-order valence-corrected chi connectivity index (χ3v) is 9.20. The van der Waals surface area contributed by atoms with E-state index in [4.69, 9.17) is 4.43 Å². The summed E-state index contributed by atoms with van der Waals surface area (Å²) in [4.78, 5) is 24.1. The molecule has 0 unspecified atom stereocenters. The van der Waals surface area contributed by atoms with E-state index >= 15 is 0 Å². The van der Waals surface area contributed by atoms with E-state index in [0.717, 1.165) is 12.1 Å². The summed E-state index contributed by atoms with van der Waals surface area (Å²) >= 11 is 0. The number of ether oxygens (including phenoxy) is 1. The van der Waals surface area contributed by atoms with Gasteiger partial charge in [0.05, 0.1) is 12.7 Å². The van der Waals surface area contributed by atoms with Crippen molar-refractivity contribution >= 4 is 20.2 Å². The second-order valence-electron chi connectivity index (χ2n) is 7.55. The molecule has 1 aromatic rings. The maximum absolute atomic E-state index is 13.8. The fraction of sp³-hybridized carbons (Fsp3) is 0.556. The van der Waals surface area contributed by atoms with Gasteiger partial charge in [0.15, 0.2) is 20.0 Å². The first kappa shape index (κ1) is 22.2. The largest absolute Gasteiger partial charge is 0.467 e. The molecule has 1 N–H and O–H groups in total. The van der Waals surface area contributed by atoms with Gasteiger partial charge < -0.3 is 14.5 Å². The molecule has 8 heteroatoms. The van der Waals surface area contributed by atoms with E-state index in [1.807, 2.05) is 0 Å². The predicted octanol–water partition coefficient (Wildman–Crippen LogP) is 3.65. The highest BCUT2D eigenvalue weighted by Gasteiger charge is 2.37. The van der Waals surface area contributed by atoms with Gasteiger partial charge in [-0.1, -0.05) is 26.8 Å². The van der Waals surface area contributed by atoms with E-state index in [-0.39, 0.29) is 18.1 Å². The molecule has 1 atom stereocenters. The van der Waals surface area contributed by atoms with Crippen LogP contribution < -0.4 is 5.32 Å². The number of rotatable bonds is 7. The minimum Gasteiger partial charge on any atom is -0.467 e. The van der Waals surface area contributed by atoms with Crippen LogP contribution in [0.1, 0.15) is 37.6 Å². The van der Waals surface area contributed by atoms with Crippen LogP contribution in [-0.4, -0.2) is 40.0 Å². The van der Waals surface area contributed by atoms with Gasteiger partial charge in [0.1, 0.15) is 6.04 Å². The summed E-state index contributed by atoms with van der Waals surface area (Å²) in [5.41, 5.74) is -0.468. The molecule has 0 aliphatic carbocycles. The van der Waals surface area contributed by atoms with Gasteiger partial charge in [-0.3, -0.25) is 4.79 Å². The summed E-state index contributed by atoms with van der Waals surface area (Å²) in [6.07, 6.45) is 0.169. The summed E-state index contributed by atoms with van der Waals surface area (Å²) in [7, 11) is -0.818. The zero-order chi connectivity index (χ0) is 20.1. The second kappa shape index (κ2) is 8.72. The summed E-state index contributed by atoms with van der Waals surface area (Å²) in [5.74, 6) is -3.95. The topological polar surface area (TPSA) is 64.6 Å². The van der Waals surface area contributed by atoms with Gasteiger partial charge in [-0.15, -0.1) is 0 Å². The molecule has 146 valence electrons. The maximum atomic E-state index is 13.8. The average Bonchev–Trinajstić information content (AvgIpc) is 2.54. The second-order valence-corrected chi connectivity index (χ2v) is 12.4. The third kappa shape index (κ3) is 5.60. The lowest BCUT2D eigenvalue weighted by Gasteiger charge is -2.36. The molecule has 0 aromatic heterocycles. The van der Waals surface area contributed by atoms with E-state index < -0.39 is 43.4 Å². The van der Waals surface area contributed by atoms with Crippen molar-refractivity contribution in [2.45, 2.75) is 51.4 Å². The van der Waals surface area contributed by atoms with Crippen LogP contribution in [-0.2, 0) is 14.0 Å². The highest BCUT2D eigenvalue weighted by atomic mass is 28.4. The van der Waals surface area contributed by atoms with E-state index in [1.165, 1.54) is 13.2 Å². The Morgan fingerprint density at radius 3 is 2.38 bits per heavy atom. The first-order valence-corrected chi connectivity index (χ1v) is 11.3. The van der Waals surface area contributed by atoms with Crippen molar-refractivity contribution in [3.05, 3.63) is 35.4 Å². The van der Waals surface area contributed by atoms with E-state index in [1.54, 1.807) is 0 Å². The van der Waals surface area contributed by atoms with Gasteiger partial charge in [-0.2, -0.15) is 0 Å². The Labute approximate surface area is 154 Å². The van der Waals surface area contributed by atoms with Crippen molar-refractivity contribution in [1.82, 2.24) is 5.32 Å². The monoisotopic (exact) mass is 387 g/mol. The molecule has 0 heterocycles. The average molecular weight is 387 g/mol. The number of hydrogen-bond acceptors (Lipinski definition) is 4. The molecule has 0 fully saturated rings. The van der Waals surface area contributed by atoms with E-state index in [2.05, 4.69) is 43.9 Å². The standard InChI is InChI=1S/C18H27F2NO4Si/c1-18(2,3)26(5,6)25-11-10-14(17(23)24-4)21-16(22)12-8-7-9-13(19)15(12)20/h7-9,14H,10-11H2,1-6H3,(H,21,22)/t14-/m0/s1. The Hall–Kier alpha value is -1.80. The number of methoxy groups -OCH3 is 1. The number of halogens is 2. The van der Waals surface area contributed by atoms with E-state index in [0.29, 0.717) is 0 Å². The minimum atomic E-state index is -2.01. The van der Waals surface area contributed by atoms with Gasteiger partial charge in [0.2, 0.25) is 0 Å². The van der Waals surface area contributed by atoms with Gasteiger partial charge in [0, 0.05) is 13.0 Å². The van der Waals surface area contributed by atoms with E-state index in [9.17, 15) is 18.4 Å². The molecule has 0 bridgehead atoms. The SMILES string of the molecule is COC(=O)[C@H](CCO[Si](C)(C)C(C)(C)C)NC(=O)c1cccc(F)c1F. The zero-order valence-electron chi connectivity index (χ0n) is 16.1. The zero-order valence-corrected chi connectivity index (χ0v) is 17.1. The van der Waals surface area contributed by atoms with Crippen molar-refractivity contribution in [2.24, 2.45) is 0 Å². The molecule has 26 heavy (non-hydrogen) atoms. The smallest absolute Gasteiger partial charge is 0.328 e. The van der Waals surface area contributed by atoms with Gasteiger partial charge >= 0.3 is 5.97 Å². The van der Waals surface area contributed by atoms with Crippen molar-refractivity contribution in [3.63, 3.8) is 0 Å². The first-order valence-electron chi connectivity index (χ1n) is 8.37. The number of hydrogen-bond donors (Lipinski definition) is 1. The van der Waals surface area contributed by atoms with Crippen LogP contribution in [0.4, 0.5) is 8.78 Å². The fourth-order valence-electron chi connectivity index (χ4n) is 1.95. The minimum absolute atomic E-state index is 0.00169. The Kier molecular flexibility index (Phi) is 7.46. The number of benzene rings is 1. The first-order chi connectivity index (χ1) is 11.9. The molecule has 0 aliphatic rings. The number of nitrogens with one attached hydrogen (secondary N) is 1. The molecule has 0 spiro atoms. The summed E-state index contributed by atoms with van der Waals surface area (Å²) in [6.45, 7) is 10.6. The molecule has 0 saturated heterocycles. The fourth-order valence-corrected chi connectivity index (χ4v) is 3.02. The molecular formula is C18H27F2NO4Si. The molecule has 0 radical (unpaired) electrons. The maximum Gasteiger partial charge on any atom is 0.328 e. The van der Waals surface area contributed by atoms with Crippen LogP contribution >= 0.6 is 0 Å². The van der Waals surface area contributed by atoms with Crippen molar-refractivity contribution in [2.75, 3.05) is 13.7 Å². The Morgan fingerprint density at radius 1 is 1.23 bits per heavy atom. The molecular weight excluding hydrogens is 360 g/mol. The van der Waals surface area contributed by atoms with Crippen LogP contribution in [0, 0.1) is 11.6 Å². The van der Waals surface area contributed by atoms with Crippen LogP contribution in [0.3, 0.4) is 0 Å². The van der Waals surface area contributed by atoms with Crippen molar-refractivity contribution < 1.29 is 27.5 Å². The van der Waals surface area contributed by atoms with Crippen molar-refractivity contribution in [3.8, 4) is 0 Å². The van der Waals surface area contributed by atoms with Gasteiger partial charge in [-0.05, 0) is 30.3 Å². The Bertz CT molecular complexity index is 659. The highest BCUT2D eigenvalue weighted by Crippen LogP contribution is 2.36. The Balaban J connectivity index is 2.81.